The van der Waals surface area contributed by atoms with E-state index in [-0.39, 0.29) is 5.91 Å². The molecule has 0 bridgehead atoms. The van der Waals surface area contributed by atoms with Crippen molar-refractivity contribution in [2.75, 3.05) is 17.8 Å². The topological polar surface area (TPSA) is 41.9 Å². The molecule has 6 heteroatoms. The Morgan fingerprint density at radius 1 is 1.27 bits per heavy atom. The van der Waals surface area contributed by atoms with Crippen molar-refractivity contribution in [1.29, 1.82) is 0 Å². The lowest BCUT2D eigenvalue weighted by Crippen LogP contribution is -2.30. The van der Waals surface area contributed by atoms with Gasteiger partial charge in [-0.25, -0.2) is 4.99 Å². The zero-order valence-electron chi connectivity index (χ0n) is 14.8. The lowest BCUT2D eigenvalue weighted by molar-refractivity contribution is -0.113. The average Bonchev–Trinajstić information content (AvgIpc) is 2.92. The molecular weight excluding hydrogens is 368 g/mol. The van der Waals surface area contributed by atoms with Crippen LogP contribution in [0.25, 0.3) is 6.08 Å². The summed E-state index contributed by atoms with van der Waals surface area (Å²) in [5.74, 6) is 1.22. The Balaban J connectivity index is 2.01. The minimum absolute atomic E-state index is 0.162. The highest BCUT2D eigenvalue weighted by atomic mass is 35.5. The molecule has 2 aromatic rings. The van der Waals surface area contributed by atoms with Crippen LogP contribution in [0.1, 0.15) is 18.1 Å². The van der Waals surface area contributed by atoms with Gasteiger partial charge >= 0.3 is 0 Å². The second-order valence-electron chi connectivity index (χ2n) is 5.67. The average molecular weight is 387 g/mol. The van der Waals surface area contributed by atoms with E-state index >= 15 is 0 Å². The summed E-state index contributed by atoms with van der Waals surface area (Å²) in [6.45, 7) is 4.04. The number of aliphatic imine (C=N–C) groups is 1. The normalized spacial score (nSPS) is 15.5. The molecule has 0 fully saturated rings. The van der Waals surface area contributed by atoms with E-state index in [0.717, 1.165) is 16.9 Å². The summed E-state index contributed by atoms with van der Waals surface area (Å²) in [6.07, 6.45) is 1.83. The van der Waals surface area contributed by atoms with Gasteiger partial charge < -0.3 is 4.74 Å². The number of carbonyl (C=O) groups is 1. The highest BCUT2D eigenvalue weighted by Gasteiger charge is 2.32. The first kappa shape index (κ1) is 18.5. The van der Waals surface area contributed by atoms with Gasteiger partial charge in [0.25, 0.3) is 5.91 Å². The SMILES string of the molecule is CCSC1=N/C(=C\c2ccccc2C)C(=O)N1c1ccc(OC)c(Cl)c1. The number of methoxy groups -OCH3 is 1. The van der Waals surface area contributed by atoms with Crippen LogP contribution in [-0.4, -0.2) is 23.9 Å². The molecule has 134 valence electrons. The molecule has 26 heavy (non-hydrogen) atoms. The van der Waals surface area contributed by atoms with E-state index in [1.807, 2.05) is 50.3 Å². The molecule has 0 N–H and O–H groups in total. The number of benzene rings is 2. The van der Waals surface area contributed by atoms with Crippen molar-refractivity contribution in [3.05, 3.63) is 64.3 Å². The third kappa shape index (κ3) is 3.64. The largest absolute Gasteiger partial charge is 0.495 e. The summed E-state index contributed by atoms with van der Waals surface area (Å²) < 4.78 is 5.19. The molecule has 1 amide bonds. The first-order chi connectivity index (χ1) is 12.5. The number of hydrogen-bond donors (Lipinski definition) is 0. The summed E-state index contributed by atoms with van der Waals surface area (Å²) in [5, 5.41) is 1.11. The maximum Gasteiger partial charge on any atom is 0.283 e. The Labute approximate surface area is 162 Å². The van der Waals surface area contributed by atoms with Crippen LogP contribution >= 0.6 is 23.4 Å². The summed E-state index contributed by atoms with van der Waals surface area (Å²) in [6, 6.07) is 13.2. The van der Waals surface area contributed by atoms with Gasteiger partial charge in [0.1, 0.15) is 11.4 Å². The molecule has 1 heterocycles. The lowest BCUT2D eigenvalue weighted by atomic mass is 10.1. The van der Waals surface area contributed by atoms with Crippen LogP contribution in [0.5, 0.6) is 5.75 Å². The lowest BCUT2D eigenvalue weighted by Gasteiger charge is -2.18. The number of halogens is 1. The molecule has 0 radical (unpaired) electrons. The van der Waals surface area contributed by atoms with Gasteiger partial charge in [-0.3, -0.25) is 9.69 Å². The van der Waals surface area contributed by atoms with Crippen molar-refractivity contribution in [2.24, 2.45) is 4.99 Å². The monoisotopic (exact) mass is 386 g/mol. The van der Waals surface area contributed by atoms with E-state index in [2.05, 4.69) is 4.99 Å². The molecule has 0 unspecified atom stereocenters. The van der Waals surface area contributed by atoms with Crippen molar-refractivity contribution in [1.82, 2.24) is 0 Å². The number of aryl methyl sites for hydroxylation is 1. The molecule has 0 saturated carbocycles. The number of hydrogen-bond acceptors (Lipinski definition) is 4. The number of carbonyl (C=O) groups excluding carboxylic acids is 1. The zero-order valence-corrected chi connectivity index (χ0v) is 16.4. The third-order valence-corrected chi connectivity index (χ3v) is 5.09. The predicted octanol–water partition coefficient (Wildman–Crippen LogP) is 5.15. The van der Waals surface area contributed by atoms with Crippen LogP contribution < -0.4 is 9.64 Å². The van der Waals surface area contributed by atoms with Gasteiger partial charge in [0.2, 0.25) is 0 Å². The molecule has 0 aromatic heterocycles. The number of rotatable bonds is 4. The molecule has 0 aliphatic carbocycles. The fourth-order valence-electron chi connectivity index (χ4n) is 2.64. The van der Waals surface area contributed by atoms with Crippen LogP contribution in [0.3, 0.4) is 0 Å². The van der Waals surface area contributed by atoms with Gasteiger partial charge in [0.15, 0.2) is 5.17 Å². The van der Waals surface area contributed by atoms with Gasteiger partial charge in [-0.2, -0.15) is 0 Å². The third-order valence-electron chi connectivity index (χ3n) is 3.98. The number of thioether (sulfide) groups is 1. The highest BCUT2D eigenvalue weighted by Crippen LogP contribution is 2.34. The van der Waals surface area contributed by atoms with Crippen LogP contribution in [0, 0.1) is 6.92 Å². The fraction of sp³-hybridized carbons (Fsp3) is 0.200. The van der Waals surface area contributed by atoms with Gasteiger partial charge in [0.05, 0.1) is 17.8 Å². The van der Waals surface area contributed by atoms with Crippen LogP contribution in [0.15, 0.2) is 53.2 Å². The van der Waals surface area contributed by atoms with Gasteiger partial charge in [-0.05, 0) is 48.1 Å². The second kappa shape index (κ2) is 7.98. The van der Waals surface area contributed by atoms with Gasteiger partial charge in [-0.15, -0.1) is 0 Å². The van der Waals surface area contributed by atoms with E-state index in [0.29, 0.717) is 27.3 Å². The number of nitrogens with zero attached hydrogens (tertiary/aromatic N) is 2. The van der Waals surface area contributed by atoms with Crippen LogP contribution in [-0.2, 0) is 4.79 Å². The standard InChI is InChI=1S/C20H19ClN2O2S/c1-4-26-20-22-17(11-14-8-6-5-7-13(14)2)19(24)23(20)15-9-10-18(25-3)16(21)12-15/h5-12H,4H2,1-3H3/b17-11-. The van der Waals surface area contributed by atoms with E-state index in [1.54, 1.807) is 24.1 Å². The molecule has 1 aliphatic rings. The molecule has 2 aromatic carbocycles. The Bertz CT molecular complexity index is 908. The van der Waals surface area contributed by atoms with E-state index in [1.165, 1.54) is 11.8 Å². The molecule has 3 rings (SSSR count). The van der Waals surface area contributed by atoms with Crippen LogP contribution in [0.2, 0.25) is 5.02 Å². The van der Waals surface area contributed by atoms with E-state index in [9.17, 15) is 4.79 Å². The van der Waals surface area contributed by atoms with E-state index < -0.39 is 0 Å². The Morgan fingerprint density at radius 3 is 2.69 bits per heavy atom. The van der Waals surface area contributed by atoms with Gasteiger partial charge in [-0.1, -0.05) is 54.6 Å². The Kier molecular flexibility index (Phi) is 5.69. The molecule has 0 spiro atoms. The van der Waals surface area contributed by atoms with Crippen molar-refractivity contribution in [3.8, 4) is 5.75 Å². The minimum Gasteiger partial charge on any atom is -0.495 e. The number of amides is 1. The number of amidine groups is 1. The Hall–Kier alpha value is -2.24. The molecule has 1 aliphatic heterocycles. The quantitative estimate of drug-likeness (QED) is 0.682. The predicted molar refractivity (Wildman–Crippen MR) is 110 cm³/mol. The smallest absolute Gasteiger partial charge is 0.283 e. The number of ether oxygens (including phenoxy) is 1. The molecule has 0 atom stereocenters. The maximum atomic E-state index is 13.0. The summed E-state index contributed by atoms with van der Waals surface area (Å²) >= 11 is 7.76. The summed E-state index contributed by atoms with van der Waals surface area (Å²) in [5.41, 5.74) is 3.17. The van der Waals surface area contributed by atoms with Crippen molar-refractivity contribution in [2.45, 2.75) is 13.8 Å². The molecule has 4 nitrogen and oxygen atoms in total. The van der Waals surface area contributed by atoms with Crippen LogP contribution in [0.4, 0.5) is 5.69 Å². The van der Waals surface area contributed by atoms with Crippen molar-refractivity contribution < 1.29 is 9.53 Å². The number of anilines is 1. The molecule has 0 saturated heterocycles. The second-order valence-corrected chi connectivity index (χ2v) is 7.31. The van der Waals surface area contributed by atoms with Crippen molar-refractivity contribution in [3.63, 3.8) is 0 Å². The van der Waals surface area contributed by atoms with E-state index in [4.69, 9.17) is 16.3 Å². The first-order valence-electron chi connectivity index (χ1n) is 8.22. The minimum atomic E-state index is -0.162. The first-order valence-corrected chi connectivity index (χ1v) is 9.58. The van der Waals surface area contributed by atoms with Gasteiger partial charge in [0, 0.05) is 0 Å². The summed E-state index contributed by atoms with van der Waals surface area (Å²) in [4.78, 5) is 19.2. The maximum absolute atomic E-state index is 13.0. The van der Waals surface area contributed by atoms with Crippen molar-refractivity contribution >= 4 is 46.2 Å². The fourth-order valence-corrected chi connectivity index (χ4v) is 3.63. The Morgan fingerprint density at radius 2 is 2.04 bits per heavy atom. The summed E-state index contributed by atoms with van der Waals surface area (Å²) in [7, 11) is 1.56. The molecular formula is C20H19ClN2O2S. The highest BCUT2D eigenvalue weighted by molar-refractivity contribution is 8.14. The zero-order chi connectivity index (χ0) is 18.7.